The van der Waals surface area contributed by atoms with Crippen LogP contribution in [0.2, 0.25) is 0 Å². The molecule has 1 aromatic heterocycles. The number of aromatic amines is 1. The van der Waals surface area contributed by atoms with E-state index in [1.54, 1.807) is 24.3 Å². The van der Waals surface area contributed by atoms with Gasteiger partial charge < -0.3 is 19.9 Å². The van der Waals surface area contributed by atoms with Crippen LogP contribution in [-0.4, -0.2) is 29.9 Å². The van der Waals surface area contributed by atoms with Crippen LogP contribution in [0.5, 0.6) is 11.6 Å². The van der Waals surface area contributed by atoms with E-state index >= 15 is 0 Å². The molecule has 8 heteroatoms. The van der Waals surface area contributed by atoms with Gasteiger partial charge in [0, 0.05) is 5.56 Å². The Balaban J connectivity index is 1.78. The quantitative estimate of drug-likeness (QED) is 0.569. The van der Waals surface area contributed by atoms with Gasteiger partial charge in [0.25, 0.3) is 0 Å². The van der Waals surface area contributed by atoms with Crippen molar-refractivity contribution in [2.45, 2.75) is 19.3 Å². The van der Waals surface area contributed by atoms with E-state index in [0.29, 0.717) is 29.3 Å². The largest absolute Gasteiger partial charge is 0.494 e. The second-order valence-corrected chi connectivity index (χ2v) is 7.23. The maximum atomic E-state index is 11.8. The lowest BCUT2D eigenvalue weighted by molar-refractivity contribution is 0.0600. The molecule has 0 unspecified atom stereocenters. The van der Waals surface area contributed by atoms with E-state index in [1.807, 2.05) is 24.3 Å². The van der Waals surface area contributed by atoms with E-state index in [0.717, 1.165) is 23.3 Å². The van der Waals surface area contributed by atoms with Crippen LogP contribution in [0.1, 0.15) is 40.7 Å². The normalized spacial score (nSPS) is 14.8. The smallest absolute Gasteiger partial charge is 0.337 e. The summed E-state index contributed by atoms with van der Waals surface area (Å²) in [5, 5.41) is 17.1. The van der Waals surface area contributed by atoms with E-state index in [4.69, 9.17) is 19.9 Å². The summed E-state index contributed by atoms with van der Waals surface area (Å²) in [5.74, 6) is 0.139. The maximum absolute atomic E-state index is 11.8. The van der Waals surface area contributed by atoms with Crippen LogP contribution < -0.4 is 15.2 Å². The minimum absolute atomic E-state index is 0.00316. The van der Waals surface area contributed by atoms with Gasteiger partial charge in [0.2, 0.25) is 11.8 Å². The van der Waals surface area contributed by atoms with Gasteiger partial charge in [-0.05, 0) is 48.4 Å². The average Bonchev–Trinajstić information content (AvgIpc) is 3.25. The predicted octanol–water partition coefficient (Wildman–Crippen LogP) is 3.87. The number of nitriles is 1. The molecule has 162 valence electrons. The van der Waals surface area contributed by atoms with E-state index < -0.39 is 11.9 Å². The number of esters is 1. The van der Waals surface area contributed by atoms with E-state index in [-0.39, 0.29) is 11.5 Å². The molecule has 2 heterocycles. The van der Waals surface area contributed by atoms with E-state index in [1.165, 1.54) is 7.11 Å². The van der Waals surface area contributed by atoms with Gasteiger partial charge in [0.1, 0.15) is 17.4 Å². The molecule has 0 saturated carbocycles. The van der Waals surface area contributed by atoms with Crippen molar-refractivity contribution in [3.63, 3.8) is 0 Å². The molecule has 32 heavy (non-hydrogen) atoms. The van der Waals surface area contributed by atoms with Gasteiger partial charge in [-0.15, -0.1) is 5.10 Å². The number of fused-ring (bicyclic) bond motifs is 1. The van der Waals surface area contributed by atoms with Crippen molar-refractivity contribution < 1.29 is 19.0 Å². The van der Waals surface area contributed by atoms with Crippen molar-refractivity contribution in [1.29, 1.82) is 5.26 Å². The maximum Gasteiger partial charge on any atom is 0.337 e. The van der Waals surface area contributed by atoms with E-state index in [9.17, 15) is 10.1 Å². The number of carbonyl (C=O) groups excluding carboxylic acids is 1. The van der Waals surface area contributed by atoms with Gasteiger partial charge in [0.15, 0.2) is 0 Å². The SMILES string of the molecule is CCCOc1ccc(-c2[nH]nc3c2[C@H](c2ccc(C(=O)OC)cc2)C(C#N)=C(N)O3)cc1. The van der Waals surface area contributed by atoms with Crippen molar-refractivity contribution in [2.75, 3.05) is 13.7 Å². The number of nitrogens with one attached hydrogen (secondary N) is 1. The topological polar surface area (TPSA) is 123 Å². The highest BCUT2D eigenvalue weighted by Crippen LogP contribution is 2.45. The number of carbonyl (C=O) groups is 1. The molecule has 2 aromatic carbocycles. The first-order valence-electron chi connectivity index (χ1n) is 10.1. The molecule has 0 spiro atoms. The Labute approximate surface area is 185 Å². The zero-order chi connectivity index (χ0) is 22.7. The summed E-state index contributed by atoms with van der Waals surface area (Å²) in [6.45, 7) is 2.70. The third kappa shape index (κ3) is 3.76. The summed E-state index contributed by atoms with van der Waals surface area (Å²) < 4.78 is 16.1. The standard InChI is InChI=1S/C24H22N4O4/c1-3-12-31-17-10-8-15(9-11-17)21-20-19(14-4-6-16(7-5-14)24(29)30-2)18(13-25)22(26)32-23(20)28-27-21/h4-11,19H,3,12,26H2,1-2H3,(H,27,28)/t19-/m1/s1. The summed E-state index contributed by atoms with van der Waals surface area (Å²) in [7, 11) is 1.33. The number of aromatic nitrogens is 2. The van der Waals surface area contributed by atoms with Crippen molar-refractivity contribution in [2.24, 2.45) is 5.73 Å². The second-order valence-electron chi connectivity index (χ2n) is 7.23. The number of rotatable bonds is 6. The molecule has 4 rings (SSSR count). The monoisotopic (exact) mass is 430 g/mol. The van der Waals surface area contributed by atoms with Crippen molar-refractivity contribution >= 4 is 5.97 Å². The molecule has 1 atom stereocenters. The van der Waals surface area contributed by atoms with Crippen molar-refractivity contribution in [3.05, 3.63) is 76.7 Å². The van der Waals surface area contributed by atoms with Crippen LogP contribution >= 0.6 is 0 Å². The number of H-pyrrole nitrogens is 1. The highest BCUT2D eigenvalue weighted by atomic mass is 16.5. The molecular weight excluding hydrogens is 408 g/mol. The molecule has 0 saturated heterocycles. The summed E-state index contributed by atoms with van der Waals surface area (Å²) in [6.07, 6.45) is 0.925. The number of hydrogen-bond donors (Lipinski definition) is 2. The summed E-state index contributed by atoms with van der Waals surface area (Å²) in [6, 6.07) is 16.6. The molecule has 0 aliphatic carbocycles. The second kappa shape index (κ2) is 8.86. The van der Waals surface area contributed by atoms with Gasteiger partial charge in [-0.1, -0.05) is 19.1 Å². The molecule has 0 amide bonds. The Hall–Kier alpha value is -4.25. The third-order valence-electron chi connectivity index (χ3n) is 5.22. The molecule has 8 nitrogen and oxygen atoms in total. The zero-order valence-electron chi connectivity index (χ0n) is 17.7. The lowest BCUT2D eigenvalue weighted by Crippen LogP contribution is -2.21. The van der Waals surface area contributed by atoms with Crippen molar-refractivity contribution in [3.8, 4) is 29.0 Å². The van der Waals surface area contributed by atoms with Crippen LogP contribution in [0.15, 0.2) is 60.0 Å². The van der Waals surface area contributed by atoms with Crippen LogP contribution in [0.4, 0.5) is 0 Å². The molecule has 0 bridgehead atoms. The van der Waals surface area contributed by atoms with Crippen LogP contribution in [-0.2, 0) is 4.74 Å². The summed E-state index contributed by atoms with van der Waals surface area (Å²) in [5.41, 5.74) is 9.76. The van der Waals surface area contributed by atoms with Crippen LogP contribution in [0.3, 0.4) is 0 Å². The van der Waals surface area contributed by atoms with Crippen molar-refractivity contribution in [1.82, 2.24) is 10.2 Å². The summed E-state index contributed by atoms with van der Waals surface area (Å²) in [4.78, 5) is 11.8. The molecule has 1 aliphatic heterocycles. The first-order valence-corrected chi connectivity index (χ1v) is 10.1. The third-order valence-corrected chi connectivity index (χ3v) is 5.22. The Morgan fingerprint density at radius 3 is 2.56 bits per heavy atom. The van der Waals surface area contributed by atoms with Gasteiger partial charge in [-0.2, -0.15) is 5.26 Å². The number of hydrogen-bond acceptors (Lipinski definition) is 7. The average molecular weight is 430 g/mol. The van der Waals surface area contributed by atoms with Gasteiger partial charge in [-0.25, -0.2) is 4.79 Å². The van der Waals surface area contributed by atoms with E-state index in [2.05, 4.69) is 23.2 Å². The molecule has 0 radical (unpaired) electrons. The summed E-state index contributed by atoms with van der Waals surface area (Å²) >= 11 is 0. The van der Waals surface area contributed by atoms with Gasteiger partial charge >= 0.3 is 5.97 Å². The Bertz CT molecular complexity index is 1200. The first-order chi connectivity index (χ1) is 15.6. The number of ether oxygens (including phenoxy) is 3. The predicted molar refractivity (Wildman–Crippen MR) is 117 cm³/mol. The highest BCUT2D eigenvalue weighted by Gasteiger charge is 2.35. The lowest BCUT2D eigenvalue weighted by atomic mass is 9.83. The fourth-order valence-corrected chi connectivity index (χ4v) is 3.67. The highest BCUT2D eigenvalue weighted by molar-refractivity contribution is 5.89. The number of benzene rings is 2. The molecule has 1 aliphatic rings. The van der Waals surface area contributed by atoms with Gasteiger partial charge in [0.05, 0.1) is 36.5 Å². The fourth-order valence-electron chi connectivity index (χ4n) is 3.67. The Morgan fingerprint density at radius 2 is 1.94 bits per heavy atom. The number of nitrogens with two attached hydrogens (primary N) is 1. The fraction of sp³-hybridized carbons (Fsp3) is 0.208. The minimum atomic E-state index is -0.514. The molecular formula is C24H22N4O4. The number of nitrogens with zero attached hydrogens (tertiary/aromatic N) is 2. The number of methoxy groups -OCH3 is 1. The van der Waals surface area contributed by atoms with Crippen LogP contribution in [0, 0.1) is 11.3 Å². The minimum Gasteiger partial charge on any atom is -0.494 e. The van der Waals surface area contributed by atoms with Crippen LogP contribution in [0.25, 0.3) is 11.3 Å². The number of allylic oxidation sites excluding steroid dienone is 1. The molecule has 0 fully saturated rings. The molecule has 3 N–H and O–H groups in total. The lowest BCUT2D eigenvalue weighted by Gasteiger charge is -2.24. The Kier molecular flexibility index (Phi) is 5.81. The Morgan fingerprint density at radius 1 is 1.22 bits per heavy atom. The molecule has 3 aromatic rings. The first kappa shape index (κ1) is 21.0. The van der Waals surface area contributed by atoms with Gasteiger partial charge in [-0.3, -0.25) is 5.10 Å². The zero-order valence-corrected chi connectivity index (χ0v) is 17.7.